The number of primary amides is 1. The van der Waals surface area contributed by atoms with E-state index in [1.807, 2.05) is 12.1 Å². The molecule has 104 valence electrons. The van der Waals surface area contributed by atoms with Crippen molar-refractivity contribution in [3.05, 3.63) is 24.3 Å². The first-order valence-electron chi connectivity index (χ1n) is 6.58. The molecule has 0 aromatic heterocycles. The van der Waals surface area contributed by atoms with E-state index in [2.05, 4.69) is 21.9 Å². The van der Waals surface area contributed by atoms with Crippen LogP contribution in [0, 0.1) is 0 Å². The van der Waals surface area contributed by atoms with E-state index in [4.69, 9.17) is 10.5 Å². The molecule has 0 atom stereocenters. The van der Waals surface area contributed by atoms with Gasteiger partial charge in [-0.2, -0.15) is 0 Å². The van der Waals surface area contributed by atoms with Crippen molar-refractivity contribution in [3.8, 4) is 5.75 Å². The lowest BCUT2D eigenvalue weighted by atomic mass is 10.2. The summed E-state index contributed by atoms with van der Waals surface area (Å²) in [5.41, 5.74) is 6.44. The third-order valence-electron chi connectivity index (χ3n) is 3.41. The van der Waals surface area contributed by atoms with Crippen LogP contribution in [0.2, 0.25) is 0 Å². The Kier molecular flexibility index (Phi) is 4.63. The van der Waals surface area contributed by atoms with Gasteiger partial charge in [0.15, 0.2) is 0 Å². The van der Waals surface area contributed by atoms with Gasteiger partial charge in [-0.25, -0.2) is 0 Å². The number of nitrogens with two attached hydrogens (primary N) is 1. The first-order valence-corrected chi connectivity index (χ1v) is 6.58. The molecule has 0 aliphatic carbocycles. The molecular weight excluding hydrogens is 242 g/mol. The molecule has 19 heavy (non-hydrogen) atoms. The first-order chi connectivity index (χ1) is 9.19. The van der Waals surface area contributed by atoms with Crippen molar-refractivity contribution >= 4 is 11.6 Å². The monoisotopic (exact) mass is 263 g/mol. The second kappa shape index (κ2) is 6.43. The van der Waals surface area contributed by atoms with Gasteiger partial charge in [0.25, 0.3) is 0 Å². The SMILES string of the molecule is COc1ccc(N2CCCN(CC(N)=O)CC2)cc1. The molecule has 0 saturated carbocycles. The zero-order chi connectivity index (χ0) is 13.7. The molecule has 1 aromatic carbocycles. The molecule has 1 aliphatic heterocycles. The number of anilines is 1. The summed E-state index contributed by atoms with van der Waals surface area (Å²) in [6, 6.07) is 8.09. The Morgan fingerprint density at radius 3 is 2.58 bits per heavy atom. The number of methoxy groups -OCH3 is 1. The first kappa shape index (κ1) is 13.7. The molecule has 1 fully saturated rings. The van der Waals surface area contributed by atoms with Crippen molar-refractivity contribution in [1.82, 2.24) is 4.90 Å². The smallest absolute Gasteiger partial charge is 0.231 e. The van der Waals surface area contributed by atoms with E-state index < -0.39 is 0 Å². The Morgan fingerprint density at radius 2 is 1.95 bits per heavy atom. The van der Waals surface area contributed by atoms with Gasteiger partial charge >= 0.3 is 0 Å². The predicted molar refractivity (Wildman–Crippen MR) is 75.5 cm³/mol. The van der Waals surface area contributed by atoms with Gasteiger partial charge in [0.1, 0.15) is 5.75 Å². The molecule has 1 amide bonds. The number of carbonyl (C=O) groups excluding carboxylic acids is 1. The maximum Gasteiger partial charge on any atom is 0.231 e. The summed E-state index contributed by atoms with van der Waals surface area (Å²) < 4.78 is 5.16. The third kappa shape index (κ3) is 3.86. The van der Waals surface area contributed by atoms with Crippen LogP contribution in [0.1, 0.15) is 6.42 Å². The summed E-state index contributed by atoms with van der Waals surface area (Å²) >= 11 is 0. The summed E-state index contributed by atoms with van der Waals surface area (Å²) in [5.74, 6) is 0.617. The maximum atomic E-state index is 11.0. The standard InChI is InChI=1S/C14H21N3O2/c1-19-13-5-3-12(4-6-13)17-8-2-7-16(9-10-17)11-14(15)18/h3-6H,2,7-11H2,1H3,(H2,15,18). The Hall–Kier alpha value is -1.75. The van der Waals surface area contributed by atoms with Gasteiger partial charge in [-0.1, -0.05) is 0 Å². The quantitative estimate of drug-likeness (QED) is 0.868. The molecule has 0 radical (unpaired) electrons. The fraction of sp³-hybridized carbons (Fsp3) is 0.500. The highest BCUT2D eigenvalue weighted by Gasteiger charge is 2.16. The highest BCUT2D eigenvalue weighted by molar-refractivity contribution is 5.75. The fourth-order valence-corrected chi connectivity index (χ4v) is 2.40. The minimum absolute atomic E-state index is 0.252. The molecule has 5 heteroatoms. The summed E-state index contributed by atoms with van der Waals surface area (Å²) in [6.07, 6.45) is 1.04. The molecule has 2 rings (SSSR count). The van der Waals surface area contributed by atoms with Gasteiger partial charge < -0.3 is 15.4 Å². The number of amides is 1. The Morgan fingerprint density at radius 1 is 1.21 bits per heavy atom. The van der Waals surface area contributed by atoms with Gasteiger partial charge in [-0.15, -0.1) is 0 Å². The van der Waals surface area contributed by atoms with Gasteiger partial charge in [0.05, 0.1) is 13.7 Å². The van der Waals surface area contributed by atoms with Crippen LogP contribution in [0.25, 0.3) is 0 Å². The van der Waals surface area contributed by atoms with Gasteiger partial charge in [-0.3, -0.25) is 9.69 Å². The van der Waals surface area contributed by atoms with Crippen LogP contribution in [-0.2, 0) is 4.79 Å². The normalized spacial score (nSPS) is 17.0. The van der Waals surface area contributed by atoms with Crippen LogP contribution in [0.5, 0.6) is 5.75 Å². The van der Waals surface area contributed by atoms with Crippen molar-refractivity contribution in [3.63, 3.8) is 0 Å². The van der Waals surface area contributed by atoms with Crippen molar-refractivity contribution in [1.29, 1.82) is 0 Å². The van der Waals surface area contributed by atoms with E-state index in [1.54, 1.807) is 7.11 Å². The molecule has 0 unspecified atom stereocenters. The molecule has 0 spiro atoms. The molecule has 0 bridgehead atoms. The lowest BCUT2D eigenvalue weighted by Crippen LogP contribution is -2.36. The average molecular weight is 263 g/mol. The Bertz CT molecular complexity index is 419. The number of hydrogen-bond donors (Lipinski definition) is 1. The largest absolute Gasteiger partial charge is 0.497 e. The third-order valence-corrected chi connectivity index (χ3v) is 3.41. The topological polar surface area (TPSA) is 58.8 Å². The van der Waals surface area contributed by atoms with E-state index in [9.17, 15) is 4.79 Å². The van der Waals surface area contributed by atoms with E-state index >= 15 is 0 Å². The Balaban J connectivity index is 1.96. The summed E-state index contributed by atoms with van der Waals surface area (Å²) in [5, 5.41) is 0. The van der Waals surface area contributed by atoms with Crippen LogP contribution in [-0.4, -0.2) is 50.6 Å². The molecule has 1 aromatic rings. The van der Waals surface area contributed by atoms with Crippen LogP contribution >= 0.6 is 0 Å². The van der Waals surface area contributed by atoms with Gasteiger partial charge in [-0.05, 0) is 30.7 Å². The summed E-state index contributed by atoms with van der Waals surface area (Å²) in [7, 11) is 1.67. The van der Waals surface area contributed by atoms with E-state index in [1.165, 1.54) is 5.69 Å². The average Bonchev–Trinajstić information content (AvgIpc) is 2.64. The highest BCUT2D eigenvalue weighted by Crippen LogP contribution is 2.20. The van der Waals surface area contributed by atoms with Crippen molar-refractivity contribution in [2.45, 2.75) is 6.42 Å². The molecule has 1 aliphatic rings. The lowest BCUT2D eigenvalue weighted by Gasteiger charge is -2.23. The van der Waals surface area contributed by atoms with E-state index in [0.29, 0.717) is 6.54 Å². The molecule has 1 heterocycles. The van der Waals surface area contributed by atoms with E-state index in [-0.39, 0.29) is 5.91 Å². The van der Waals surface area contributed by atoms with Gasteiger partial charge in [0, 0.05) is 31.9 Å². The number of carbonyl (C=O) groups is 1. The van der Waals surface area contributed by atoms with Crippen LogP contribution < -0.4 is 15.4 Å². The second-order valence-electron chi connectivity index (χ2n) is 4.78. The van der Waals surface area contributed by atoms with Crippen molar-refractivity contribution in [2.24, 2.45) is 5.73 Å². The van der Waals surface area contributed by atoms with Crippen LogP contribution in [0.3, 0.4) is 0 Å². The summed E-state index contributed by atoms with van der Waals surface area (Å²) in [4.78, 5) is 15.4. The highest BCUT2D eigenvalue weighted by atomic mass is 16.5. The van der Waals surface area contributed by atoms with Crippen LogP contribution in [0.15, 0.2) is 24.3 Å². The van der Waals surface area contributed by atoms with E-state index in [0.717, 1.165) is 38.3 Å². The van der Waals surface area contributed by atoms with Crippen LogP contribution in [0.4, 0.5) is 5.69 Å². The molecule has 5 nitrogen and oxygen atoms in total. The summed E-state index contributed by atoms with van der Waals surface area (Å²) in [6.45, 7) is 4.07. The van der Waals surface area contributed by atoms with Crippen molar-refractivity contribution < 1.29 is 9.53 Å². The fourth-order valence-electron chi connectivity index (χ4n) is 2.40. The molecule has 2 N–H and O–H groups in total. The minimum atomic E-state index is -0.252. The zero-order valence-corrected chi connectivity index (χ0v) is 11.3. The van der Waals surface area contributed by atoms with Crippen molar-refractivity contribution in [2.75, 3.05) is 44.7 Å². The number of nitrogens with zero attached hydrogens (tertiary/aromatic N) is 2. The minimum Gasteiger partial charge on any atom is -0.497 e. The number of benzene rings is 1. The maximum absolute atomic E-state index is 11.0. The number of hydrogen-bond acceptors (Lipinski definition) is 4. The zero-order valence-electron chi connectivity index (χ0n) is 11.3. The lowest BCUT2D eigenvalue weighted by molar-refractivity contribution is -0.119. The second-order valence-corrected chi connectivity index (χ2v) is 4.78. The number of rotatable bonds is 4. The number of ether oxygens (including phenoxy) is 1. The molecule has 1 saturated heterocycles. The Labute approximate surface area is 113 Å². The molecular formula is C14H21N3O2. The van der Waals surface area contributed by atoms with Gasteiger partial charge in [0.2, 0.25) is 5.91 Å². The predicted octanol–water partition coefficient (Wildman–Crippen LogP) is 0.693.